The molecule has 1 heterocycles. The number of rotatable bonds is 1. The van der Waals surface area contributed by atoms with Gasteiger partial charge in [-0.1, -0.05) is 18.2 Å². The zero-order valence-electron chi connectivity index (χ0n) is 8.11. The van der Waals surface area contributed by atoms with Gasteiger partial charge in [-0.05, 0) is 13.0 Å². The summed E-state index contributed by atoms with van der Waals surface area (Å²) in [4.78, 5) is 5.21. The van der Waals surface area contributed by atoms with Crippen molar-refractivity contribution >= 4 is 10.9 Å². The van der Waals surface area contributed by atoms with Crippen LogP contribution in [0.15, 0.2) is 24.3 Å². The summed E-state index contributed by atoms with van der Waals surface area (Å²) in [6.45, 7) is 1.88. The van der Waals surface area contributed by atoms with E-state index in [0.717, 1.165) is 16.6 Å². The van der Waals surface area contributed by atoms with Crippen molar-refractivity contribution < 1.29 is 4.84 Å². The first kappa shape index (κ1) is 8.64. The molecule has 3 nitrogen and oxygen atoms in total. The van der Waals surface area contributed by atoms with Gasteiger partial charge in [-0.25, -0.2) is 0 Å². The fraction of sp³-hybridized carbons (Fsp3) is 0.182. The first-order valence-corrected chi connectivity index (χ1v) is 4.34. The Morgan fingerprint density at radius 2 is 2.07 bits per heavy atom. The molecular weight excluding hydrogens is 176 g/mol. The molecule has 0 spiro atoms. The summed E-state index contributed by atoms with van der Waals surface area (Å²) in [5, 5.41) is 9.95. The van der Waals surface area contributed by atoms with Crippen molar-refractivity contribution in [3.8, 4) is 6.07 Å². The number of aromatic nitrogens is 1. The Morgan fingerprint density at radius 1 is 1.36 bits per heavy atom. The lowest BCUT2D eigenvalue weighted by atomic mass is 10.1. The molecular formula is C11H10N2O. The van der Waals surface area contributed by atoms with E-state index >= 15 is 0 Å². The van der Waals surface area contributed by atoms with E-state index < -0.39 is 0 Å². The van der Waals surface area contributed by atoms with Crippen LogP contribution in [0.3, 0.4) is 0 Å². The maximum Gasteiger partial charge on any atom is 0.104 e. The van der Waals surface area contributed by atoms with Gasteiger partial charge in [0.05, 0.1) is 16.8 Å². The Kier molecular flexibility index (Phi) is 1.90. The standard InChI is InChI=1S/C11H10N2O/c1-8-10(7-12)9-5-3-4-6-11(9)13(8)14-2/h3-6H,1-2H3. The summed E-state index contributed by atoms with van der Waals surface area (Å²) in [6.07, 6.45) is 0. The molecule has 0 aliphatic heterocycles. The van der Waals surface area contributed by atoms with Crippen LogP contribution < -0.4 is 4.84 Å². The van der Waals surface area contributed by atoms with Crippen LogP contribution in [-0.4, -0.2) is 11.8 Å². The highest BCUT2D eigenvalue weighted by Crippen LogP contribution is 2.23. The smallest absolute Gasteiger partial charge is 0.104 e. The van der Waals surface area contributed by atoms with Crippen LogP contribution in [0.2, 0.25) is 0 Å². The predicted octanol–water partition coefficient (Wildman–Crippen LogP) is 1.88. The van der Waals surface area contributed by atoms with Gasteiger partial charge in [0.2, 0.25) is 0 Å². The van der Waals surface area contributed by atoms with Crippen molar-refractivity contribution in [2.24, 2.45) is 0 Å². The monoisotopic (exact) mass is 186 g/mol. The van der Waals surface area contributed by atoms with Crippen LogP contribution in [0, 0.1) is 18.3 Å². The van der Waals surface area contributed by atoms with Crippen molar-refractivity contribution in [3.05, 3.63) is 35.5 Å². The normalized spacial score (nSPS) is 10.1. The SMILES string of the molecule is COn1c(C)c(C#N)c2ccccc21. The van der Waals surface area contributed by atoms with E-state index in [2.05, 4.69) is 6.07 Å². The number of para-hydroxylation sites is 1. The van der Waals surface area contributed by atoms with E-state index in [9.17, 15) is 0 Å². The second kappa shape index (κ2) is 3.08. The minimum absolute atomic E-state index is 0.683. The lowest BCUT2D eigenvalue weighted by Gasteiger charge is -2.03. The van der Waals surface area contributed by atoms with E-state index in [1.807, 2.05) is 31.2 Å². The number of hydrogen-bond donors (Lipinski definition) is 0. The summed E-state index contributed by atoms with van der Waals surface area (Å²) < 4.78 is 1.67. The molecule has 0 atom stereocenters. The van der Waals surface area contributed by atoms with Gasteiger partial charge < -0.3 is 4.84 Å². The van der Waals surface area contributed by atoms with Crippen LogP contribution in [-0.2, 0) is 0 Å². The quantitative estimate of drug-likeness (QED) is 0.682. The van der Waals surface area contributed by atoms with Gasteiger partial charge in [0.1, 0.15) is 13.2 Å². The van der Waals surface area contributed by atoms with Crippen LogP contribution in [0.5, 0.6) is 0 Å². The summed E-state index contributed by atoms with van der Waals surface area (Å²) in [5.74, 6) is 0. The van der Waals surface area contributed by atoms with E-state index in [4.69, 9.17) is 10.1 Å². The highest BCUT2D eigenvalue weighted by Gasteiger charge is 2.12. The van der Waals surface area contributed by atoms with Gasteiger partial charge in [0.25, 0.3) is 0 Å². The summed E-state index contributed by atoms with van der Waals surface area (Å²) in [6, 6.07) is 9.90. The van der Waals surface area contributed by atoms with Crippen LogP contribution >= 0.6 is 0 Å². The maximum atomic E-state index is 9.01. The lowest BCUT2D eigenvalue weighted by molar-refractivity contribution is 0.173. The topological polar surface area (TPSA) is 38.0 Å². The number of nitriles is 1. The molecule has 1 aromatic carbocycles. The maximum absolute atomic E-state index is 9.01. The number of benzene rings is 1. The highest BCUT2D eigenvalue weighted by atomic mass is 16.6. The number of hydrogen-bond acceptors (Lipinski definition) is 2. The summed E-state index contributed by atoms with van der Waals surface area (Å²) in [7, 11) is 1.60. The van der Waals surface area contributed by atoms with Crippen molar-refractivity contribution in [1.29, 1.82) is 5.26 Å². The van der Waals surface area contributed by atoms with E-state index in [-0.39, 0.29) is 0 Å². The molecule has 0 saturated carbocycles. The molecule has 2 aromatic rings. The number of nitrogens with zero attached hydrogens (tertiary/aromatic N) is 2. The Bertz CT molecular complexity index is 520. The average molecular weight is 186 g/mol. The molecule has 0 N–H and O–H groups in total. The second-order valence-electron chi connectivity index (χ2n) is 3.07. The summed E-state index contributed by atoms with van der Waals surface area (Å²) >= 11 is 0. The van der Waals surface area contributed by atoms with E-state index in [1.54, 1.807) is 11.8 Å². The van der Waals surface area contributed by atoms with Gasteiger partial charge in [-0.3, -0.25) is 0 Å². The van der Waals surface area contributed by atoms with Crippen LogP contribution in [0.25, 0.3) is 10.9 Å². The Labute approximate surface area is 82.1 Å². The van der Waals surface area contributed by atoms with Gasteiger partial charge in [-0.15, -0.1) is 0 Å². The molecule has 0 radical (unpaired) electrons. The number of fused-ring (bicyclic) bond motifs is 1. The second-order valence-corrected chi connectivity index (χ2v) is 3.07. The molecule has 0 bridgehead atoms. The molecule has 0 fully saturated rings. The Hall–Kier alpha value is -1.95. The molecule has 2 rings (SSSR count). The molecule has 1 aromatic heterocycles. The average Bonchev–Trinajstić information content (AvgIpc) is 2.49. The predicted molar refractivity (Wildman–Crippen MR) is 53.9 cm³/mol. The van der Waals surface area contributed by atoms with Gasteiger partial charge in [0, 0.05) is 5.39 Å². The Balaban J connectivity index is 2.94. The minimum Gasteiger partial charge on any atom is -0.417 e. The molecule has 0 saturated heterocycles. The Morgan fingerprint density at radius 3 is 2.71 bits per heavy atom. The zero-order valence-corrected chi connectivity index (χ0v) is 8.11. The van der Waals surface area contributed by atoms with Crippen molar-refractivity contribution in [2.45, 2.75) is 6.92 Å². The lowest BCUT2D eigenvalue weighted by Crippen LogP contribution is -2.06. The molecule has 0 aliphatic carbocycles. The molecule has 3 heteroatoms. The van der Waals surface area contributed by atoms with Crippen molar-refractivity contribution in [1.82, 2.24) is 4.73 Å². The molecule has 0 amide bonds. The minimum atomic E-state index is 0.683. The molecule has 0 aliphatic rings. The first-order valence-electron chi connectivity index (χ1n) is 4.34. The van der Waals surface area contributed by atoms with Crippen LogP contribution in [0.4, 0.5) is 0 Å². The van der Waals surface area contributed by atoms with Crippen LogP contribution in [0.1, 0.15) is 11.3 Å². The van der Waals surface area contributed by atoms with Crippen molar-refractivity contribution in [3.63, 3.8) is 0 Å². The van der Waals surface area contributed by atoms with Crippen molar-refractivity contribution in [2.75, 3.05) is 7.11 Å². The highest BCUT2D eigenvalue weighted by molar-refractivity contribution is 5.87. The third kappa shape index (κ3) is 0.975. The van der Waals surface area contributed by atoms with E-state index in [0.29, 0.717) is 5.56 Å². The van der Waals surface area contributed by atoms with Gasteiger partial charge >= 0.3 is 0 Å². The fourth-order valence-electron chi connectivity index (χ4n) is 1.72. The molecule has 70 valence electrons. The third-order valence-electron chi connectivity index (χ3n) is 2.35. The van der Waals surface area contributed by atoms with E-state index in [1.165, 1.54) is 0 Å². The molecule has 14 heavy (non-hydrogen) atoms. The molecule has 0 unspecified atom stereocenters. The van der Waals surface area contributed by atoms with Gasteiger partial charge in [0.15, 0.2) is 0 Å². The summed E-state index contributed by atoms with van der Waals surface area (Å²) in [5.41, 5.74) is 2.46. The largest absolute Gasteiger partial charge is 0.417 e. The third-order valence-corrected chi connectivity index (χ3v) is 2.35. The zero-order chi connectivity index (χ0) is 10.1. The fourth-order valence-corrected chi connectivity index (χ4v) is 1.72. The van der Waals surface area contributed by atoms with Gasteiger partial charge in [-0.2, -0.15) is 9.99 Å². The first-order chi connectivity index (χ1) is 6.79.